The summed E-state index contributed by atoms with van der Waals surface area (Å²) in [6.07, 6.45) is 3.45. The Morgan fingerprint density at radius 3 is 2.85 bits per heavy atom. The van der Waals surface area contributed by atoms with Crippen LogP contribution in [-0.2, 0) is 22.5 Å². The lowest BCUT2D eigenvalue weighted by Gasteiger charge is -2.23. The topological polar surface area (TPSA) is 67.8 Å². The number of anilines is 1. The average Bonchev–Trinajstić information content (AvgIpc) is 2.64. The van der Waals surface area contributed by atoms with Crippen molar-refractivity contribution in [3.8, 4) is 5.75 Å². The third-order valence-electron chi connectivity index (χ3n) is 4.45. The van der Waals surface area contributed by atoms with Crippen LogP contribution in [0.2, 0.25) is 5.02 Å². The molecular weight excluding hydrogens is 354 g/mol. The lowest BCUT2D eigenvalue weighted by atomic mass is 9.90. The molecule has 6 heteroatoms. The van der Waals surface area contributed by atoms with Crippen LogP contribution < -0.4 is 10.2 Å². The highest BCUT2D eigenvalue weighted by Crippen LogP contribution is 2.36. The highest BCUT2D eigenvalue weighted by molar-refractivity contribution is 6.30. The zero-order valence-corrected chi connectivity index (χ0v) is 15.4. The molecule has 1 atom stereocenters. The molecule has 2 aromatic rings. The fourth-order valence-corrected chi connectivity index (χ4v) is 3.40. The fourth-order valence-electron chi connectivity index (χ4n) is 3.20. The maximum Gasteiger partial charge on any atom is 0.352 e. The number of aliphatic hydroxyl groups is 1. The molecule has 0 aromatic heterocycles. The van der Waals surface area contributed by atoms with Gasteiger partial charge in [0.05, 0.1) is 11.8 Å². The zero-order valence-electron chi connectivity index (χ0n) is 14.6. The monoisotopic (exact) mass is 375 g/mol. The van der Waals surface area contributed by atoms with E-state index in [2.05, 4.69) is 5.32 Å². The molecule has 2 aromatic carbocycles. The number of rotatable bonds is 6. The number of benzene rings is 2. The van der Waals surface area contributed by atoms with Crippen molar-refractivity contribution in [2.75, 3.05) is 11.9 Å². The van der Waals surface area contributed by atoms with E-state index in [0.717, 1.165) is 42.5 Å². The predicted molar refractivity (Wildman–Crippen MR) is 100 cm³/mol. The molecular formula is C20H22ClNO4. The molecule has 5 nitrogen and oxygen atoms in total. The van der Waals surface area contributed by atoms with E-state index in [1.54, 1.807) is 24.3 Å². The Morgan fingerprint density at radius 1 is 1.27 bits per heavy atom. The number of hydrogen-bond acceptors (Lipinski definition) is 5. The standard InChI is InChI=1S/C20H22ClNO4/c1-13(23)25-26-19-10-9-14-5-2-3-8-17(14)20(19)22-12-18(24)15-6-4-7-16(21)11-15/h4,6-7,9-11,18,22,24H,2-3,5,8,12H2,1H3. The largest absolute Gasteiger partial charge is 0.387 e. The number of carbonyl (C=O) groups excluding carboxylic acids is 1. The van der Waals surface area contributed by atoms with Gasteiger partial charge in [-0.2, -0.15) is 0 Å². The van der Waals surface area contributed by atoms with Crippen LogP contribution in [0.15, 0.2) is 36.4 Å². The van der Waals surface area contributed by atoms with E-state index >= 15 is 0 Å². The summed E-state index contributed by atoms with van der Waals surface area (Å²) in [5, 5.41) is 14.3. The molecule has 26 heavy (non-hydrogen) atoms. The highest BCUT2D eigenvalue weighted by atomic mass is 35.5. The molecule has 3 rings (SSSR count). The van der Waals surface area contributed by atoms with Crippen LogP contribution in [0.25, 0.3) is 0 Å². The third kappa shape index (κ3) is 4.48. The molecule has 1 aliphatic carbocycles. The van der Waals surface area contributed by atoms with Crippen molar-refractivity contribution in [3.05, 3.63) is 58.1 Å². The average molecular weight is 376 g/mol. The molecule has 0 saturated carbocycles. The normalized spacial score (nSPS) is 14.3. The van der Waals surface area contributed by atoms with Crippen molar-refractivity contribution >= 4 is 23.3 Å². The summed E-state index contributed by atoms with van der Waals surface area (Å²) in [6, 6.07) is 10.9. The maximum absolute atomic E-state index is 11.1. The van der Waals surface area contributed by atoms with E-state index in [1.165, 1.54) is 12.5 Å². The first-order valence-corrected chi connectivity index (χ1v) is 9.09. The van der Waals surface area contributed by atoms with E-state index < -0.39 is 12.1 Å². The molecule has 0 fully saturated rings. The first kappa shape index (κ1) is 18.5. The Hall–Kier alpha value is -2.24. The smallest absolute Gasteiger partial charge is 0.352 e. The molecule has 1 aliphatic rings. The molecule has 0 aliphatic heterocycles. The van der Waals surface area contributed by atoms with Gasteiger partial charge in [-0.25, -0.2) is 4.79 Å². The van der Waals surface area contributed by atoms with Crippen molar-refractivity contribution < 1.29 is 19.7 Å². The van der Waals surface area contributed by atoms with Gasteiger partial charge < -0.3 is 10.4 Å². The summed E-state index contributed by atoms with van der Waals surface area (Å²) in [5.74, 6) is -0.0771. The van der Waals surface area contributed by atoms with Crippen LogP contribution in [0.3, 0.4) is 0 Å². The second-order valence-electron chi connectivity index (χ2n) is 6.39. The Morgan fingerprint density at radius 2 is 2.08 bits per heavy atom. The van der Waals surface area contributed by atoms with E-state index in [0.29, 0.717) is 10.8 Å². The highest BCUT2D eigenvalue weighted by Gasteiger charge is 2.20. The number of nitrogens with one attached hydrogen (secondary N) is 1. The molecule has 0 radical (unpaired) electrons. The van der Waals surface area contributed by atoms with Crippen molar-refractivity contribution in [2.45, 2.75) is 38.7 Å². The van der Waals surface area contributed by atoms with Gasteiger partial charge >= 0.3 is 5.97 Å². The minimum absolute atomic E-state index is 0.285. The van der Waals surface area contributed by atoms with E-state index in [-0.39, 0.29) is 6.54 Å². The third-order valence-corrected chi connectivity index (χ3v) is 4.68. The maximum atomic E-state index is 11.1. The number of carbonyl (C=O) groups is 1. The number of hydrogen-bond donors (Lipinski definition) is 2. The molecule has 0 saturated heterocycles. The lowest BCUT2D eigenvalue weighted by Crippen LogP contribution is -2.16. The summed E-state index contributed by atoms with van der Waals surface area (Å²) < 4.78 is 0. The van der Waals surface area contributed by atoms with E-state index in [4.69, 9.17) is 21.4 Å². The molecule has 138 valence electrons. The minimum atomic E-state index is -0.727. The Kier molecular flexibility index (Phi) is 6.01. The minimum Gasteiger partial charge on any atom is -0.387 e. The summed E-state index contributed by atoms with van der Waals surface area (Å²) >= 11 is 6.00. The number of aryl methyl sites for hydroxylation is 1. The van der Waals surface area contributed by atoms with Crippen LogP contribution in [-0.4, -0.2) is 17.6 Å². The van der Waals surface area contributed by atoms with Gasteiger partial charge in [0.2, 0.25) is 5.75 Å². The first-order chi connectivity index (χ1) is 12.5. The first-order valence-electron chi connectivity index (χ1n) is 8.72. The van der Waals surface area contributed by atoms with Crippen molar-refractivity contribution in [3.63, 3.8) is 0 Å². The van der Waals surface area contributed by atoms with Gasteiger partial charge in [0.1, 0.15) is 0 Å². The van der Waals surface area contributed by atoms with E-state index in [9.17, 15) is 9.90 Å². The van der Waals surface area contributed by atoms with Gasteiger partial charge in [-0.1, -0.05) is 29.8 Å². The van der Waals surface area contributed by atoms with E-state index in [1.807, 2.05) is 12.1 Å². The van der Waals surface area contributed by atoms with Crippen molar-refractivity contribution in [1.82, 2.24) is 0 Å². The predicted octanol–water partition coefficient (Wildman–Crippen LogP) is 4.22. The number of fused-ring (bicyclic) bond motifs is 1. The SMILES string of the molecule is CC(=O)OOc1ccc2c(c1NCC(O)c1cccc(Cl)c1)CCCC2. The molecule has 0 bridgehead atoms. The lowest BCUT2D eigenvalue weighted by molar-refractivity contribution is -0.210. The summed E-state index contributed by atoms with van der Waals surface area (Å²) in [5.41, 5.74) is 3.91. The number of halogens is 1. The van der Waals surface area contributed by atoms with Crippen molar-refractivity contribution in [1.29, 1.82) is 0 Å². The molecule has 2 N–H and O–H groups in total. The van der Waals surface area contributed by atoms with Gasteiger partial charge in [-0.3, -0.25) is 9.78 Å². The Bertz CT molecular complexity index is 793. The van der Waals surface area contributed by atoms with Crippen LogP contribution in [0.1, 0.15) is 42.6 Å². The van der Waals surface area contributed by atoms with Gasteiger partial charge in [0.25, 0.3) is 0 Å². The van der Waals surface area contributed by atoms with Gasteiger partial charge in [-0.05, 0) is 60.6 Å². The van der Waals surface area contributed by atoms with Gasteiger partial charge in [-0.15, -0.1) is 0 Å². The molecule has 0 heterocycles. The van der Waals surface area contributed by atoms with Gasteiger partial charge in [0.15, 0.2) is 0 Å². The van der Waals surface area contributed by atoms with Crippen LogP contribution >= 0.6 is 11.6 Å². The Balaban J connectivity index is 1.81. The van der Waals surface area contributed by atoms with Crippen LogP contribution in [0.4, 0.5) is 5.69 Å². The second-order valence-corrected chi connectivity index (χ2v) is 6.83. The second kappa shape index (κ2) is 8.43. The summed E-state index contributed by atoms with van der Waals surface area (Å²) in [4.78, 5) is 21.0. The summed E-state index contributed by atoms with van der Waals surface area (Å²) in [6.45, 7) is 1.57. The Labute approximate surface area is 157 Å². The molecule has 1 unspecified atom stereocenters. The molecule has 0 spiro atoms. The van der Waals surface area contributed by atoms with Crippen LogP contribution in [0, 0.1) is 0 Å². The van der Waals surface area contributed by atoms with Crippen LogP contribution in [0.5, 0.6) is 5.75 Å². The number of aliphatic hydroxyl groups excluding tert-OH is 1. The fraction of sp³-hybridized carbons (Fsp3) is 0.350. The molecule has 0 amide bonds. The quantitative estimate of drug-likeness (QED) is 0.584. The zero-order chi connectivity index (χ0) is 18.5. The van der Waals surface area contributed by atoms with Gasteiger partial charge in [0, 0.05) is 18.5 Å². The summed E-state index contributed by atoms with van der Waals surface area (Å²) in [7, 11) is 0. The van der Waals surface area contributed by atoms with Crippen molar-refractivity contribution in [2.24, 2.45) is 0 Å².